The summed E-state index contributed by atoms with van der Waals surface area (Å²) in [5.41, 5.74) is -0.0602. The average Bonchev–Trinajstić information content (AvgIpc) is 2.80. The molecule has 1 aromatic heterocycles. The molecular formula is C12H20N2O5S. The monoisotopic (exact) mass is 304 g/mol. The smallest absolute Gasteiger partial charge is 0.352 e. The lowest BCUT2D eigenvalue weighted by molar-refractivity contribution is 0.0685. The highest BCUT2D eigenvalue weighted by atomic mass is 32.2. The highest BCUT2D eigenvalue weighted by Crippen LogP contribution is 2.18. The number of aliphatic hydroxyl groups is 1. The standard InChI is InChI=1S/C12H20N2O5S/c1-4-14-8-10(7-11(14)12(16)17)20(18,19)13(3)6-5-9(2)15/h7-9,15H,4-6H2,1-3H3,(H,16,17). The predicted molar refractivity (Wildman–Crippen MR) is 73.2 cm³/mol. The van der Waals surface area contributed by atoms with E-state index in [0.29, 0.717) is 13.0 Å². The number of carbonyl (C=O) groups is 1. The molecule has 0 spiro atoms. The van der Waals surface area contributed by atoms with Crippen molar-refractivity contribution in [2.45, 2.75) is 37.8 Å². The van der Waals surface area contributed by atoms with E-state index in [1.165, 1.54) is 17.8 Å². The van der Waals surface area contributed by atoms with E-state index in [2.05, 4.69) is 0 Å². The van der Waals surface area contributed by atoms with Crippen LogP contribution in [0.3, 0.4) is 0 Å². The summed E-state index contributed by atoms with van der Waals surface area (Å²) in [5.74, 6) is -1.17. The summed E-state index contributed by atoms with van der Waals surface area (Å²) in [4.78, 5) is 11.0. The van der Waals surface area contributed by atoms with Gasteiger partial charge in [0, 0.05) is 26.3 Å². The molecule has 1 heterocycles. The molecule has 20 heavy (non-hydrogen) atoms. The zero-order chi connectivity index (χ0) is 15.5. The molecule has 114 valence electrons. The lowest BCUT2D eigenvalue weighted by Crippen LogP contribution is -2.29. The summed E-state index contributed by atoms with van der Waals surface area (Å²) in [6.45, 7) is 3.85. The summed E-state index contributed by atoms with van der Waals surface area (Å²) in [6.07, 6.45) is 1.04. The first-order chi connectivity index (χ1) is 9.20. The Morgan fingerprint density at radius 3 is 2.50 bits per heavy atom. The minimum Gasteiger partial charge on any atom is -0.477 e. The van der Waals surface area contributed by atoms with Crippen LogP contribution in [0, 0.1) is 0 Å². The van der Waals surface area contributed by atoms with Gasteiger partial charge in [-0.3, -0.25) is 0 Å². The number of sulfonamides is 1. The molecule has 0 aromatic carbocycles. The highest BCUT2D eigenvalue weighted by Gasteiger charge is 2.25. The molecule has 0 bridgehead atoms. The lowest BCUT2D eigenvalue weighted by Gasteiger charge is -2.16. The van der Waals surface area contributed by atoms with Gasteiger partial charge in [0.1, 0.15) is 10.6 Å². The van der Waals surface area contributed by atoms with Gasteiger partial charge in [0.2, 0.25) is 10.0 Å². The fourth-order valence-electron chi connectivity index (χ4n) is 1.73. The number of carboxylic acid groups (broad SMARTS) is 1. The van der Waals surface area contributed by atoms with E-state index < -0.39 is 22.1 Å². The van der Waals surface area contributed by atoms with E-state index in [9.17, 15) is 18.3 Å². The molecule has 1 rings (SSSR count). The molecule has 2 N–H and O–H groups in total. The molecule has 0 aliphatic carbocycles. The maximum atomic E-state index is 12.3. The van der Waals surface area contributed by atoms with Crippen LogP contribution < -0.4 is 0 Å². The molecule has 0 radical (unpaired) electrons. The third-order valence-electron chi connectivity index (χ3n) is 3.00. The fourth-order valence-corrected chi connectivity index (χ4v) is 2.96. The number of aromatic nitrogens is 1. The van der Waals surface area contributed by atoms with Crippen LogP contribution in [-0.2, 0) is 16.6 Å². The van der Waals surface area contributed by atoms with E-state index in [0.717, 1.165) is 10.4 Å². The van der Waals surface area contributed by atoms with Gasteiger partial charge in [-0.15, -0.1) is 0 Å². The van der Waals surface area contributed by atoms with Gasteiger partial charge in [0.25, 0.3) is 0 Å². The molecular weight excluding hydrogens is 284 g/mol. The Balaban J connectivity index is 3.06. The minimum absolute atomic E-state index is 0.0511. The van der Waals surface area contributed by atoms with Crippen molar-refractivity contribution in [3.63, 3.8) is 0 Å². The van der Waals surface area contributed by atoms with Crippen LogP contribution in [-0.4, -0.2) is 53.2 Å². The van der Waals surface area contributed by atoms with Crippen molar-refractivity contribution in [3.05, 3.63) is 18.0 Å². The molecule has 0 fully saturated rings. The van der Waals surface area contributed by atoms with Gasteiger partial charge >= 0.3 is 5.97 Å². The molecule has 8 heteroatoms. The molecule has 0 aliphatic rings. The Hall–Kier alpha value is -1.38. The number of aryl methyl sites for hydroxylation is 1. The van der Waals surface area contributed by atoms with Gasteiger partial charge in [0.15, 0.2) is 0 Å². The number of hydrogen-bond donors (Lipinski definition) is 2. The molecule has 1 unspecified atom stereocenters. The van der Waals surface area contributed by atoms with Crippen molar-refractivity contribution < 1.29 is 23.4 Å². The molecule has 1 atom stereocenters. The van der Waals surface area contributed by atoms with Crippen molar-refractivity contribution in [1.29, 1.82) is 0 Å². The van der Waals surface area contributed by atoms with Crippen LogP contribution in [0.2, 0.25) is 0 Å². The second-order valence-electron chi connectivity index (χ2n) is 4.62. The van der Waals surface area contributed by atoms with Crippen LogP contribution in [0.1, 0.15) is 30.8 Å². The summed E-state index contributed by atoms with van der Waals surface area (Å²) >= 11 is 0. The SMILES string of the molecule is CCn1cc(S(=O)(=O)N(C)CCC(C)O)cc1C(=O)O. The summed E-state index contributed by atoms with van der Waals surface area (Å²) in [5, 5.41) is 18.2. The maximum absolute atomic E-state index is 12.3. The largest absolute Gasteiger partial charge is 0.477 e. The third kappa shape index (κ3) is 3.59. The first kappa shape index (κ1) is 16.7. The van der Waals surface area contributed by atoms with E-state index in [1.807, 2.05) is 0 Å². The number of hydrogen-bond acceptors (Lipinski definition) is 4. The number of nitrogens with zero attached hydrogens (tertiary/aromatic N) is 2. The molecule has 7 nitrogen and oxygen atoms in total. The first-order valence-electron chi connectivity index (χ1n) is 6.28. The Morgan fingerprint density at radius 2 is 2.10 bits per heavy atom. The van der Waals surface area contributed by atoms with Gasteiger partial charge in [-0.05, 0) is 26.3 Å². The zero-order valence-electron chi connectivity index (χ0n) is 11.8. The van der Waals surface area contributed by atoms with Crippen LogP contribution in [0.4, 0.5) is 0 Å². The maximum Gasteiger partial charge on any atom is 0.352 e. The van der Waals surface area contributed by atoms with Crippen molar-refractivity contribution in [1.82, 2.24) is 8.87 Å². The molecule has 0 aliphatic heterocycles. The summed E-state index contributed by atoms with van der Waals surface area (Å²) in [7, 11) is -2.34. The van der Waals surface area contributed by atoms with Crippen LogP contribution in [0.25, 0.3) is 0 Å². The number of aromatic carboxylic acids is 1. The van der Waals surface area contributed by atoms with E-state index >= 15 is 0 Å². The van der Waals surface area contributed by atoms with E-state index in [4.69, 9.17) is 5.11 Å². The van der Waals surface area contributed by atoms with Crippen LogP contribution >= 0.6 is 0 Å². The molecule has 0 saturated carbocycles. The van der Waals surface area contributed by atoms with Crippen LogP contribution in [0.15, 0.2) is 17.2 Å². The Morgan fingerprint density at radius 1 is 1.50 bits per heavy atom. The van der Waals surface area contributed by atoms with Gasteiger partial charge in [0.05, 0.1) is 6.10 Å². The van der Waals surface area contributed by atoms with Crippen molar-refractivity contribution in [3.8, 4) is 0 Å². The number of carboxylic acids is 1. The fraction of sp³-hybridized carbons (Fsp3) is 0.583. The van der Waals surface area contributed by atoms with Crippen molar-refractivity contribution in [2.24, 2.45) is 0 Å². The van der Waals surface area contributed by atoms with Gasteiger partial charge in [-0.1, -0.05) is 0 Å². The molecule has 0 saturated heterocycles. The lowest BCUT2D eigenvalue weighted by atomic mass is 10.3. The number of rotatable bonds is 7. The highest BCUT2D eigenvalue weighted by molar-refractivity contribution is 7.89. The minimum atomic E-state index is -3.74. The topological polar surface area (TPSA) is 99.8 Å². The van der Waals surface area contributed by atoms with Crippen molar-refractivity contribution >= 4 is 16.0 Å². The van der Waals surface area contributed by atoms with Gasteiger partial charge in [-0.2, -0.15) is 0 Å². The second-order valence-corrected chi connectivity index (χ2v) is 6.66. The first-order valence-corrected chi connectivity index (χ1v) is 7.72. The number of aliphatic hydroxyl groups excluding tert-OH is 1. The van der Waals surface area contributed by atoms with E-state index in [1.54, 1.807) is 13.8 Å². The normalized spacial score (nSPS) is 13.7. The third-order valence-corrected chi connectivity index (χ3v) is 4.82. The summed E-state index contributed by atoms with van der Waals surface area (Å²) in [6, 6.07) is 1.15. The molecule has 0 amide bonds. The zero-order valence-corrected chi connectivity index (χ0v) is 12.6. The Labute approximate surface area is 118 Å². The van der Waals surface area contributed by atoms with Gasteiger partial charge in [-0.25, -0.2) is 17.5 Å². The quantitative estimate of drug-likeness (QED) is 0.768. The summed E-state index contributed by atoms with van der Waals surface area (Å²) < 4.78 is 27.1. The predicted octanol–water partition coefficient (Wildman–Crippen LogP) is 0.598. The Kier molecular flexibility index (Phi) is 5.32. The Bertz CT molecular complexity index is 577. The molecule has 1 aromatic rings. The second kappa shape index (κ2) is 6.38. The van der Waals surface area contributed by atoms with Crippen LogP contribution in [0.5, 0.6) is 0 Å². The van der Waals surface area contributed by atoms with Gasteiger partial charge < -0.3 is 14.8 Å². The van der Waals surface area contributed by atoms with E-state index in [-0.39, 0.29) is 17.1 Å². The average molecular weight is 304 g/mol. The van der Waals surface area contributed by atoms with Crippen molar-refractivity contribution in [2.75, 3.05) is 13.6 Å².